The predicted molar refractivity (Wildman–Crippen MR) is 86.9 cm³/mol. The van der Waals surface area contributed by atoms with Crippen molar-refractivity contribution in [3.05, 3.63) is 47.5 Å². The van der Waals surface area contributed by atoms with Crippen LogP contribution in [-0.2, 0) is 4.74 Å². The first kappa shape index (κ1) is 15.6. The number of rotatable bonds is 1. The van der Waals surface area contributed by atoms with E-state index in [-0.39, 0.29) is 30.0 Å². The lowest BCUT2D eigenvalue weighted by Crippen LogP contribution is -2.47. The summed E-state index contributed by atoms with van der Waals surface area (Å²) in [4.78, 5) is 11.6. The van der Waals surface area contributed by atoms with Crippen LogP contribution in [0.5, 0.6) is 0 Å². The minimum absolute atomic E-state index is 0. The number of hydrogen-bond donors (Lipinski definition) is 1. The number of alkyl carbamates (subject to hydrolysis) is 1. The molecule has 1 saturated heterocycles. The summed E-state index contributed by atoms with van der Waals surface area (Å²) in [5.74, 6) is 0. The number of halogens is 1. The first-order valence-corrected chi connectivity index (χ1v) is 6.90. The molecule has 1 aliphatic rings. The van der Waals surface area contributed by atoms with Gasteiger partial charge in [-0.1, -0.05) is 50.2 Å². The highest BCUT2D eigenvalue weighted by atomic mass is 35.5. The van der Waals surface area contributed by atoms with Crippen LogP contribution < -0.4 is 5.32 Å². The number of fused-ring (bicyclic) bond motifs is 1. The second kappa shape index (κ2) is 5.57. The highest BCUT2D eigenvalue weighted by molar-refractivity contribution is 5.89. The van der Waals surface area contributed by atoms with E-state index in [9.17, 15) is 4.79 Å². The predicted octanol–water partition coefficient (Wildman–Crippen LogP) is 4.38. The standard InChI is InChI=1S/C17H19NO2.ClH/c1-11-8-9-14(13-7-5-4-6-12(11)13)15-17(2,3)10-20-16(19)18-15;/h4-9,15H,10H2,1-3H3,(H,18,19);1H/t15-;/m1./s1. The summed E-state index contributed by atoms with van der Waals surface area (Å²) < 4.78 is 5.13. The summed E-state index contributed by atoms with van der Waals surface area (Å²) >= 11 is 0. The van der Waals surface area contributed by atoms with Gasteiger partial charge in [0.1, 0.15) is 6.61 Å². The van der Waals surface area contributed by atoms with E-state index in [1.54, 1.807) is 0 Å². The molecular weight excluding hydrogens is 286 g/mol. The van der Waals surface area contributed by atoms with Gasteiger partial charge in [0.15, 0.2) is 0 Å². The number of aryl methyl sites for hydroxylation is 1. The normalized spacial score (nSPS) is 20.3. The number of cyclic esters (lactones) is 1. The van der Waals surface area contributed by atoms with E-state index in [1.165, 1.54) is 16.3 Å². The van der Waals surface area contributed by atoms with Gasteiger partial charge < -0.3 is 10.1 Å². The van der Waals surface area contributed by atoms with Crippen LogP contribution in [0.1, 0.15) is 31.0 Å². The van der Waals surface area contributed by atoms with Crippen molar-refractivity contribution >= 4 is 29.3 Å². The number of carbonyl (C=O) groups is 1. The second-order valence-electron chi connectivity index (χ2n) is 6.16. The molecule has 0 spiro atoms. The van der Waals surface area contributed by atoms with Crippen LogP contribution in [0.2, 0.25) is 0 Å². The number of benzene rings is 2. The molecule has 0 aromatic heterocycles. The molecule has 1 atom stereocenters. The van der Waals surface area contributed by atoms with E-state index in [0.717, 1.165) is 5.56 Å². The summed E-state index contributed by atoms with van der Waals surface area (Å²) in [6.07, 6.45) is -0.334. The Morgan fingerprint density at radius 1 is 1.14 bits per heavy atom. The maximum atomic E-state index is 11.6. The largest absolute Gasteiger partial charge is 0.449 e. The van der Waals surface area contributed by atoms with E-state index >= 15 is 0 Å². The molecule has 0 bridgehead atoms. The fourth-order valence-electron chi connectivity index (χ4n) is 2.91. The third kappa shape index (κ3) is 2.70. The van der Waals surface area contributed by atoms with Gasteiger partial charge in [0.05, 0.1) is 6.04 Å². The molecule has 1 aliphatic heterocycles. The number of carbonyl (C=O) groups excluding carboxylic acids is 1. The Balaban J connectivity index is 0.00000161. The summed E-state index contributed by atoms with van der Waals surface area (Å²) in [5, 5.41) is 5.41. The first-order valence-electron chi connectivity index (χ1n) is 6.90. The first-order chi connectivity index (χ1) is 9.49. The molecule has 1 N–H and O–H groups in total. The highest BCUT2D eigenvalue weighted by Gasteiger charge is 2.38. The molecule has 1 amide bonds. The van der Waals surface area contributed by atoms with Crippen LogP contribution in [0.4, 0.5) is 4.79 Å². The van der Waals surface area contributed by atoms with Crippen LogP contribution in [0.3, 0.4) is 0 Å². The number of amides is 1. The monoisotopic (exact) mass is 305 g/mol. The Bertz CT molecular complexity index is 682. The van der Waals surface area contributed by atoms with Gasteiger partial charge in [-0.05, 0) is 28.8 Å². The van der Waals surface area contributed by atoms with Crippen molar-refractivity contribution in [3.63, 3.8) is 0 Å². The fourth-order valence-corrected chi connectivity index (χ4v) is 2.91. The third-order valence-electron chi connectivity index (χ3n) is 4.11. The van der Waals surface area contributed by atoms with E-state index in [2.05, 4.69) is 50.4 Å². The highest BCUT2D eigenvalue weighted by Crippen LogP contribution is 2.39. The van der Waals surface area contributed by atoms with Gasteiger partial charge in [0.2, 0.25) is 0 Å². The van der Waals surface area contributed by atoms with Crippen LogP contribution >= 0.6 is 12.4 Å². The fraction of sp³-hybridized carbons (Fsp3) is 0.353. The Morgan fingerprint density at radius 2 is 1.81 bits per heavy atom. The zero-order valence-corrected chi connectivity index (χ0v) is 13.3. The topological polar surface area (TPSA) is 38.3 Å². The van der Waals surface area contributed by atoms with Gasteiger partial charge in [-0.25, -0.2) is 4.79 Å². The lowest BCUT2D eigenvalue weighted by molar-refractivity contribution is 0.0391. The molecule has 112 valence electrons. The Morgan fingerprint density at radius 3 is 2.52 bits per heavy atom. The van der Waals surface area contributed by atoms with Gasteiger partial charge in [0, 0.05) is 5.41 Å². The van der Waals surface area contributed by atoms with Crippen LogP contribution in [0.25, 0.3) is 10.8 Å². The molecule has 3 rings (SSSR count). The molecule has 21 heavy (non-hydrogen) atoms. The van der Waals surface area contributed by atoms with Crippen LogP contribution in [0, 0.1) is 12.3 Å². The zero-order valence-electron chi connectivity index (χ0n) is 12.5. The lowest BCUT2D eigenvalue weighted by atomic mass is 9.78. The average molecular weight is 306 g/mol. The maximum Gasteiger partial charge on any atom is 0.407 e. The van der Waals surface area contributed by atoms with Crippen molar-refractivity contribution in [2.45, 2.75) is 26.8 Å². The Labute approximate surface area is 131 Å². The Hall–Kier alpha value is -1.74. The van der Waals surface area contributed by atoms with Gasteiger partial charge in [-0.15, -0.1) is 12.4 Å². The molecule has 4 heteroatoms. The molecule has 0 unspecified atom stereocenters. The van der Waals surface area contributed by atoms with Gasteiger partial charge in [0.25, 0.3) is 0 Å². The molecule has 0 saturated carbocycles. The summed E-state index contributed by atoms with van der Waals surface area (Å²) in [6.45, 7) is 6.78. The Kier molecular flexibility index (Phi) is 4.15. The lowest BCUT2D eigenvalue weighted by Gasteiger charge is -2.39. The molecule has 0 aliphatic carbocycles. The van der Waals surface area contributed by atoms with E-state index in [0.29, 0.717) is 6.61 Å². The van der Waals surface area contributed by atoms with Crippen LogP contribution in [-0.4, -0.2) is 12.7 Å². The average Bonchev–Trinajstić information content (AvgIpc) is 2.43. The van der Waals surface area contributed by atoms with E-state index in [4.69, 9.17) is 4.74 Å². The molecule has 2 aromatic carbocycles. The molecular formula is C17H20ClNO2. The third-order valence-corrected chi connectivity index (χ3v) is 4.11. The van der Waals surface area contributed by atoms with Crippen molar-refractivity contribution < 1.29 is 9.53 Å². The second-order valence-corrected chi connectivity index (χ2v) is 6.16. The SMILES string of the molecule is Cc1ccc([C@H]2NC(=O)OCC2(C)C)c2ccccc12.Cl. The molecule has 2 aromatic rings. The quantitative estimate of drug-likeness (QED) is 0.849. The molecule has 1 fully saturated rings. The van der Waals surface area contributed by atoms with Gasteiger partial charge >= 0.3 is 6.09 Å². The number of nitrogens with one attached hydrogen (secondary N) is 1. The molecule has 0 radical (unpaired) electrons. The van der Waals surface area contributed by atoms with E-state index < -0.39 is 0 Å². The number of hydrogen-bond acceptors (Lipinski definition) is 2. The van der Waals surface area contributed by atoms with E-state index in [1.807, 2.05) is 12.1 Å². The van der Waals surface area contributed by atoms with Crippen molar-refractivity contribution in [1.29, 1.82) is 0 Å². The molecule has 3 nitrogen and oxygen atoms in total. The summed E-state index contributed by atoms with van der Waals surface area (Å²) in [5.41, 5.74) is 2.28. The van der Waals surface area contributed by atoms with Gasteiger partial charge in [-0.3, -0.25) is 0 Å². The minimum atomic E-state index is -0.334. The smallest absolute Gasteiger partial charge is 0.407 e. The van der Waals surface area contributed by atoms with Crippen molar-refractivity contribution in [3.8, 4) is 0 Å². The van der Waals surface area contributed by atoms with Crippen molar-refractivity contribution in [2.75, 3.05) is 6.61 Å². The summed E-state index contributed by atoms with van der Waals surface area (Å²) in [6, 6.07) is 12.5. The van der Waals surface area contributed by atoms with Gasteiger partial charge in [-0.2, -0.15) is 0 Å². The molecule has 1 heterocycles. The van der Waals surface area contributed by atoms with Crippen LogP contribution in [0.15, 0.2) is 36.4 Å². The maximum absolute atomic E-state index is 11.6. The number of ether oxygens (including phenoxy) is 1. The minimum Gasteiger partial charge on any atom is -0.449 e. The van der Waals surface area contributed by atoms with Crippen molar-refractivity contribution in [2.24, 2.45) is 5.41 Å². The van der Waals surface area contributed by atoms with Crippen molar-refractivity contribution in [1.82, 2.24) is 5.32 Å². The summed E-state index contributed by atoms with van der Waals surface area (Å²) in [7, 11) is 0. The zero-order chi connectivity index (χ0) is 14.3.